The molecule has 0 spiro atoms. The van der Waals surface area contributed by atoms with Crippen LogP contribution < -0.4 is 9.60 Å². The van der Waals surface area contributed by atoms with Gasteiger partial charge in [0.25, 0.3) is 10.0 Å². The SMILES string of the molecule is Cc1[nH]c(=O)sc1S(=O)(=O)N[C@H](CO)C(C)C. The molecule has 0 saturated heterocycles. The second-order valence-corrected chi connectivity index (χ2v) is 6.97. The molecule has 0 unspecified atom stereocenters. The van der Waals surface area contributed by atoms with Gasteiger partial charge in [0, 0.05) is 11.7 Å². The zero-order valence-electron chi connectivity index (χ0n) is 9.85. The molecule has 0 aliphatic heterocycles. The highest BCUT2D eigenvalue weighted by Crippen LogP contribution is 2.17. The van der Waals surface area contributed by atoms with Crippen molar-refractivity contribution >= 4 is 21.4 Å². The molecule has 0 aliphatic carbocycles. The lowest BCUT2D eigenvalue weighted by Gasteiger charge is -2.19. The van der Waals surface area contributed by atoms with E-state index in [4.69, 9.17) is 5.11 Å². The summed E-state index contributed by atoms with van der Waals surface area (Å²) in [5.74, 6) is -0.0363. The maximum Gasteiger partial charge on any atom is 0.305 e. The molecular weight excluding hydrogens is 264 g/mol. The number of aryl methyl sites for hydroxylation is 1. The molecule has 1 atom stereocenters. The molecule has 0 saturated carbocycles. The normalized spacial score (nSPS) is 14.2. The lowest BCUT2D eigenvalue weighted by atomic mass is 10.1. The molecule has 6 nitrogen and oxygen atoms in total. The minimum atomic E-state index is -3.75. The molecule has 0 radical (unpaired) electrons. The summed E-state index contributed by atoms with van der Waals surface area (Å²) in [7, 11) is -3.75. The van der Waals surface area contributed by atoms with Gasteiger partial charge in [0.05, 0.1) is 6.61 Å². The third-order valence-electron chi connectivity index (χ3n) is 2.33. The summed E-state index contributed by atoms with van der Waals surface area (Å²) in [4.78, 5) is 13.1. The van der Waals surface area contributed by atoms with Gasteiger partial charge < -0.3 is 10.1 Å². The number of hydrogen-bond acceptors (Lipinski definition) is 5. The van der Waals surface area contributed by atoms with E-state index in [0.29, 0.717) is 17.0 Å². The fourth-order valence-electron chi connectivity index (χ4n) is 1.28. The van der Waals surface area contributed by atoms with Crippen LogP contribution in [0.25, 0.3) is 0 Å². The van der Waals surface area contributed by atoms with Crippen molar-refractivity contribution in [2.24, 2.45) is 5.92 Å². The number of sulfonamides is 1. The Morgan fingerprint density at radius 3 is 2.41 bits per heavy atom. The first-order chi connectivity index (χ1) is 7.77. The van der Waals surface area contributed by atoms with E-state index >= 15 is 0 Å². The van der Waals surface area contributed by atoms with Crippen molar-refractivity contribution in [3.05, 3.63) is 15.4 Å². The summed E-state index contributed by atoms with van der Waals surface area (Å²) >= 11 is 0.642. The second kappa shape index (κ2) is 5.30. The number of thiazole rings is 1. The van der Waals surface area contributed by atoms with E-state index in [0.717, 1.165) is 0 Å². The molecule has 8 heteroatoms. The Hall–Kier alpha value is -0.700. The van der Waals surface area contributed by atoms with Crippen molar-refractivity contribution in [3.8, 4) is 0 Å². The minimum absolute atomic E-state index is 0.0263. The van der Waals surface area contributed by atoms with E-state index in [9.17, 15) is 13.2 Å². The fourth-order valence-corrected chi connectivity index (χ4v) is 3.98. The van der Waals surface area contributed by atoms with Crippen LogP contribution >= 0.6 is 11.3 Å². The highest BCUT2D eigenvalue weighted by molar-refractivity contribution is 7.91. The molecule has 0 fully saturated rings. The van der Waals surface area contributed by atoms with Gasteiger partial charge >= 0.3 is 4.87 Å². The molecular formula is C9H16N2O4S2. The minimum Gasteiger partial charge on any atom is -0.395 e. The second-order valence-electron chi connectivity index (χ2n) is 4.08. The molecule has 0 aromatic carbocycles. The third kappa shape index (κ3) is 3.38. The van der Waals surface area contributed by atoms with Gasteiger partial charge in [-0.05, 0) is 12.8 Å². The van der Waals surface area contributed by atoms with Crippen LogP contribution in [0, 0.1) is 12.8 Å². The Bertz CT molecular complexity index is 529. The van der Waals surface area contributed by atoms with Gasteiger partial charge in [0.2, 0.25) is 0 Å². The van der Waals surface area contributed by atoms with E-state index in [-0.39, 0.29) is 16.7 Å². The first-order valence-corrected chi connectivity index (χ1v) is 7.40. The quantitative estimate of drug-likeness (QED) is 0.709. The standard InChI is InChI=1S/C9H16N2O4S2/c1-5(2)7(4-12)11-17(14,15)8-6(3)10-9(13)16-8/h5,7,11-12H,4H2,1-3H3,(H,10,13)/t7-/m1/s1. The van der Waals surface area contributed by atoms with Crippen LogP contribution in [-0.2, 0) is 10.0 Å². The van der Waals surface area contributed by atoms with Crippen molar-refractivity contribution in [1.82, 2.24) is 9.71 Å². The number of aromatic nitrogens is 1. The van der Waals surface area contributed by atoms with Crippen molar-refractivity contribution in [2.45, 2.75) is 31.0 Å². The lowest BCUT2D eigenvalue weighted by molar-refractivity contribution is 0.228. The third-order valence-corrected chi connectivity index (χ3v) is 5.43. The molecule has 98 valence electrons. The first-order valence-electron chi connectivity index (χ1n) is 5.11. The van der Waals surface area contributed by atoms with Crippen LogP contribution in [0.1, 0.15) is 19.5 Å². The van der Waals surface area contributed by atoms with Gasteiger partial charge in [-0.2, -0.15) is 0 Å². The van der Waals surface area contributed by atoms with E-state index in [1.54, 1.807) is 13.8 Å². The molecule has 1 aromatic heterocycles. The highest BCUT2D eigenvalue weighted by Gasteiger charge is 2.25. The molecule has 3 N–H and O–H groups in total. The smallest absolute Gasteiger partial charge is 0.305 e. The number of rotatable bonds is 5. The van der Waals surface area contributed by atoms with Gasteiger partial charge in [-0.1, -0.05) is 25.2 Å². The van der Waals surface area contributed by atoms with E-state index < -0.39 is 20.9 Å². The Kier molecular flexibility index (Phi) is 4.48. The zero-order valence-corrected chi connectivity index (χ0v) is 11.5. The van der Waals surface area contributed by atoms with Crippen LogP contribution in [0.4, 0.5) is 0 Å². The maximum atomic E-state index is 12.0. The molecule has 1 aromatic rings. The molecule has 1 rings (SSSR count). The Balaban J connectivity index is 3.04. The number of aromatic amines is 1. The number of aliphatic hydroxyl groups excluding tert-OH is 1. The van der Waals surface area contributed by atoms with Gasteiger partial charge in [-0.3, -0.25) is 4.79 Å². The average molecular weight is 280 g/mol. The summed E-state index contributed by atoms with van der Waals surface area (Å²) < 4.78 is 26.3. The molecule has 1 heterocycles. The van der Waals surface area contributed by atoms with Crippen LogP contribution in [0.5, 0.6) is 0 Å². The first kappa shape index (κ1) is 14.4. The van der Waals surface area contributed by atoms with Crippen molar-refractivity contribution in [1.29, 1.82) is 0 Å². The van der Waals surface area contributed by atoms with Crippen molar-refractivity contribution in [2.75, 3.05) is 6.61 Å². The Morgan fingerprint density at radius 2 is 2.06 bits per heavy atom. The topological polar surface area (TPSA) is 99.3 Å². The zero-order chi connectivity index (χ0) is 13.2. The Labute approximate surface area is 104 Å². The van der Waals surface area contributed by atoms with Crippen LogP contribution in [0.2, 0.25) is 0 Å². The highest BCUT2D eigenvalue weighted by atomic mass is 32.2. The summed E-state index contributed by atoms with van der Waals surface area (Å²) in [6.45, 7) is 4.84. The number of aliphatic hydroxyl groups is 1. The van der Waals surface area contributed by atoms with E-state index in [2.05, 4.69) is 9.71 Å². The average Bonchev–Trinajstić information content (AvgIpc) is 2.54. The molecule has 0 bridgehead atoms. The van der Waals surface area contributed by atoms with E-state index in [1.165, 1.54) is 6.92 Å². The van der Waals surface area contributed by atoms with Gasteiger partial charge in [-0.25, -0.2) is 13.1 Å². The summed E-state index contributed by atoms with van der Waals surface area (Å²) in [5, 5.41) is 9.09. The monoisotopic (exact) mass is 280 g/mol. The van der Waals surface area contributed by atoms with E-state index in [1.807, 2.05) is 0 Å². The largest absolute Gasteiger partial charge is 0.395 e. The molecule has 0 amide bonds. The maximum absolute atomic E-state index is 12.0. The number of H-pyrrole nitrogens is 1. The van der Waals surface area contributed by atoms with Crippen LogP contribution in [-0.4, -0.2) is 31.2 Å². The number of hydrogen-bond donors (Lipinski definition) is 3. The molecule has 17 heavy (non-hydrogen) atoms. The van der Waals surface area contributed by atoms with Crippen molar-refractivity contribution in [3.63, 3.8) is 0 Å². The summed E-state index contributed by atoms with van der Waals surface area (Å²) in [5.41, 5.74) is 0.313. The fraction of sp³-hybridized carbons (Fsp3) is 0.667. The van der Waals surface area contributed by atoms with Gasteiger partial charge in [0.1, 0.15) is 0 Å². The predicted octanol–water partition coefficient (Wildman–Crippen LogP) is 0.0400. The Morgan fingerprint density at radius 1 is 1.47 bits per heavy atom. The van der Waals surface area contributed by atoms with Crippen molar-refractivity contribution < 1.29 is 13.5 Å². The lowest BCUT2D eigenvalue weighted by Crippen LogP contribution is -2.40. The predicted molar refractivity (Wildman–Crippen MR) is 65.7 cm³/mol. The van der Waals surface area contributed by atoms with Gasteiger partial charge in [-0.15, -0.1) is 0 Å². The number of nitrogens with one attached hydrogen (secondary N) is 2. The molecule has 0 aliphatic rings. The van der Waals surface area contributed by atoms with Crippen LogP contribution in [0.15, 0.2) is 9.00 Å². The van der Waals surface area contributed by atoms with Crippen LogP contribution in [0.3, 0.4) is 0 Å². The summed E-state index contributed by atoms with van der Waals surface area (Å²) in [6.07, 6.45) is 0. The summed E-state index contributed by atoms with van der Waals surface area (Å²) in [6, 6.07) is -0.559. The van der Waals surface area contributed by atoms with Gasteiger partial charge in [0.15, 0.2) is 4.21 Å².